The number of fused-ring (bicyclic) bond motifs is 8. The summed E-state index contributed by atoms with van der Waals surface area (Å²) in [6, 6.07) is 0. The van der Waals surface area contributed by atoms with Crippen molar-refractivity contribution in [1.82, 2.24) is 0 Å². The molecule has 0 unspecified atom stereocenters. The molecule has 3 heteroatoms. The molecule has 0 aromatic heterocycles. The van der Waals surface area contributed by atoms with Crippen LogP contribution in [0.15, 0.2) is 0 Å². The van der Waals surface area contributed by atoms with Crippen molar-refractivity contribution < 1.29 is 14.3 Å². The van der Waals surface area contributed by atoms with Gasteiger partial charge in [-0.05, 0) is 68.1 Å². The van der Waals surface area contributed by atoms with Crippen molar-refractivity contribution in [3.05, 3.63) is 0 Å². The maximum Gasteiger partial charge on any atom is 0.133 e. The molecule has 5 rings (SSSR count). The number of ketones is 2. The maximum absolute atomic E-state index is 12.3. The lowest BCUT2D eigenvalue weighted by molar-refractivity contribution is -0.138. The summed E-state index contributed by atoms with van der Waals surface area (Å²) in [6.07, 6.45) is 8.00. The Morgan fingerprint density at radius 1 is 1.17 bits per heavy atom. The number of epoxide rings is 1. The van der Waals surface area contributed by atoms with Gasteiger partial charge in [0.25, 0.3) is 0 Å². The lowest BCUT2D eigenvalue weighted by atomic mass is 9.44. The fourth-order valence-electron chi connectivity index (χ4n) is 8.08. The first-order valence-electron chi connectivity index (χ1n) is 10.0. The maximum atomic E-state index is 12.3. The van der Waals surface area contributed by atoms with Gasteiger partial charge in [-0.2, -0.15) is 0 Å². The fourth-order valence-corrected chi connectivity index (χ4v) is 8.08. The van der Waals surface area contributed by atoms with E-state index in [-0.39, 0.29) is 16.7 Å². The number of hydrogen-bond acceptors (Lipinski definition) is 3. The Labute approximate surface area is 144 Å². The van der Waals surface area contributed by atoms with E-state index in [4.69, 9.17) is 4.74 Å². The minimum absolute atomic E-state index is 0.0748. The predicted molar refractivity (Wildman–Crippen MR) is 90.3 cm³/mol. The Balaban J connectivity index is 1.52. The van der Waals surface area contributed by atoms with Gasteiger partial charge in [0.15, 0.2) is 0 Å². The summed E-state index contributed by atoms with van der Waals surface area (Å²) < 4.78 is 6.35. The Kier molecular flexibility index (Phi) is 3.06. The molecule has 5 fully saturated rings. The van der Waals surface area contributed by atoms with Crippen molar-refractivity contribution in [2.45, 2.75) is 77.9 Å². The van der Waals surface area contributed by atoms with Gasteiger partial charge in [-0.3, -0.25) is 9.59 Å². The van der Waals surface area contributed by atoms with Crippen LogP contribution in [0, 0.1) is 40.4 Å². The lowest BCUT2D eigenvalue weighted by Crippen LogP contribution is -2.57. The quantitative estimate of drug-likeness (QED) is 0.687. The van der Waals surface area contributed by atoms with E-state index < -0.39 is 0 Å². The van der Waals surface area contributed by atoms with E-state index in [9.17, 15) is 9.59 Å². The molecule has 1 heterocycles. The number of rotatable bonds is 1. The van der Waals surface area contributed by atoms with E-state index in [1.807, 2.05) is 0 Å². The molecule has 1 aliphatic heterocycles. The Morgan fingerprint density at radius 2 is 1.96 bits per heavy atom. The molecule has 4 saturated carbocycles. The van der Waals surface area contributed by atoms with Gasteiger partial charge >= 0.3 is 0 Å². The molecule has 0 N–H and O–H groups in total. The monoisotopic (exact) mass is 330 g/mol. The predicted octanol–water partition coefficient (Wildman–Crippen LogP) is 3.79. The number of carbonyl (C=O) groups is 2. The van der Waals surface area contributed by atoms with Crippen LogP contribution in [-0.2, 0) is 14.3 Å². The van der Waals surface area contributed by atoms with Gasteiger partial charge in [0, 0.05) is 24.2 Å². The van der Waals surface area contributed by atoms with E-state index in [1.165, 1.54) is 19.3 Å². The first-order chi connectivity index (χ1) is 11.4. The Hall–Kier alpha value is -0.700. The molecule has 132 valence electrons. The molecular formula is C21H30O3. The van der Waals surface area contributed by atoms with E-state index in [1.54, 1.807) is 6.92 Å². The summed E-state index contributed by atoms with van der Waals surface area (Å²) in [5.74, 6) is 3.60. The van der Waals surface area contributed by atoms with Crippen LogP contribution < -0.4 is 0 Å². The number of hydrogen-bond donors (Lipinski definition) is 0. The van der Waals surface area contributed by atoms with Gasteiger partial charge < -0.3 is 4.74 Å². The van der Waals surface area contributed by atoms with Crippen molar-refractivity contribution in [3.63, 3.8) is 0 Å². The molecule has 0 amide bonds. The number of ether oxygens (including phenoxy) is 1. The van der Waals surface area contributed by atoms with Gasteiger partial charge in [-0.15, -0.1) is 0 Å². The van der Waals surface area contributed by atoms with E-state index in [0.29, 0.717) is 47.4 Å². The first kappa shape index (κ1) is 15.5. The van der Waals surface area contributed by atoms with Crippen molar-refractivity contribution >= 4 is 11.6 Å². The van der Waals surface area contributed by atoms with Gasteiger partial charge in [0.05, 0.1) is 12.2 Å². The molecule has 3 nitrogen and oxygen atoms in total. The summed E-state index contributed by atoms with van der Waals surface area (Å²) in [4.78, 5) is 24.3. The van der Waals surface area contributed by atoms with Gasteiger partial charge in [-0.25, -0.2) is 0 Å². The first-order valence-corrected chi connectivity index (χ1v) is 10.0. The van der Waals surface area contributed by atoms with Gasteiger partial charge in [-0.1, -0.05) is 13.8 Å². The summed E-state index contributed by atoms with van der Waals surface area (Å²) >= 11 is 0. The summed E-state index contributed by atoms with van der Waals surface area (Å²) in [7, 11) is 0. The van der Waals surface area contributed by atoms with Crippen LogP contribution in [0.3, 0.4) is 0 Å². The minimum atomic E-state index is 0.0748. The summed E-state index contributed by atoms with van der Waals surface area (Å²) in [6.45, 7) is 6.60. The van der Waals surface area contributed by atoms with Crippen LogP contribution in [0.25, 0.3) is 0 Å². The fraction of sp³-hybridized carbons (Fsp3) is 0.905. The standard InChI is InChI=1S/C21H30O3/c1-11(22)15-6-7-16-14-5-4-12-10-13(23)8-9-20(12,2)17(14)18-19(24-18)21(15,16)3/h12,14-19H,4-10H2,1-3H3/t12-,14-,15+,16-,17+,18+,19+,20-,21+/m0/s1. The van der Waals surface area contributed by atoms with Gasteiger partial charge in [0.2, 0.25) is 0 Å². The SMILES string of the molecule is CC(=O)[C@H]1CC[C@H]2[C@@H]3CC[C@H]4CC(=O)CC[C@]4(C)[C@H]3[C@H]3O[C@H]3[C@]12C. The highest BCUT2D eigenvalue weighted by atomic mass is 16.6. The number of Topliss-reactive ketones (excluding diaryl/α,β-unsaturated/α-hetero) is 2. The van der Waals surface area contributed by atoms with Crippen molar-refractivity contribution in [1.29, 1.82) is 0 Å². The second-order valence-electron chi connectivity index (χ2n) is 9.95. The molecule has 0 aromatic carbocycles. The van der Waals surface area contributed by atoms with Crippen LogP contribution in [0.4, 0.5) is 0 Å². The van der Waals surface area contributed by atoms with Crippen LogP contribution in [0.1, 0.15) is 65.7 Å². The molecule has 24 heavy (non-hydrogen) atoms. The topological polar surface area (TPSA) is 46.7 Å². The van der Waals surface area contributed by atoms with Gasteiger partial charge in [0.1, 0.15) is 11.6 Å². The van der Waals surface area contributed by atoms with Crippen LogP contribution in [0.2, 0.25) is 0 Å². The zero-order chi connectivity index (χ0) is 16.9. The molecule has 0 spiro atoms. The second-order valence-corrected chi connectivity index (χ2v) is 9.95. The third-order valence-corrected chi connectivity index (χ3v) is 9.24. The average molecular weight is 330 g/mol. The summed E-state index contributed by atoms with van der Waals surface area (Å²) in [5, 5.41) is 0. The van der Waals surface area contributed by atoms with Crippen molar-refractivity contribution in [2.24, 2.45) is 40.4 Å². The van der Waals surface area contributed by atoms with Crippen LogP contribution in [-0.4, -0.2) is 23.8 Å². The van der Waals surface area contributed by atoms with E-state index >= 15 is 0 Å². The van der Waals surface area contributed by atoms with Crippen LogP contribution in [0.5, 0.6) is 0 Å². The lowest BCUT2D eigenvalue weighted by Gasteiger charge is -2.58. The minimum Gasteiger partial charge on any atom is -0.369 e. The molecule has 4 aliphatic carbocycles. The third-order valence-electron chi connectivity index (χ3n) is 9.24. The third kappa shape index (κ3) is 1.73. The largest absolute Gasteiger partial charge is 0.369 e. The highest BCUT2D eigenvalue weighted by Crippen LogP contribution is 2.72. The molecule has 0 aromatic rings. The highest BCUT2D eigenvalue weighted by Gasteiger charge is 2.73. The van der Waals surface area contributed by atoms with E-state index in [0.717, 1.165) is 25.7 Å². The molecule has 5 aliphatic rings. The number of carbonyl (C=O) groups excluding carboxylic acids is 2. The van der Waals surface area contributed by atoms with Crippen molar-refractivity contribution in [3.8, 4) is 0 Å². The molecule has 9 atom stereocenters. The molecule has 1 saturated heterocycles. The van der Waals surface area contributed by atoms with Crippen molar-refractivity contribution in [2.75, 3.05) is 0 Å². The average Bonchev–Trinajstić information content (AvgIpc) is 3.24. The second kappa shape index (κ2) is 4.72. The summed E-state index contributed by atoms with van der Waals surface area (Å²) in [5.41, 5.74) is 0.358. The normalized spacial score (nSPS) is 58.3. The smallest absolute Gasteiger partial charge is 0.133 e. The van der Waals surface area contributed by atoms with Crippen LogP contribution >= 0.6 is 0 Å². The molecule has 0 bridgehead atoms. The molecular weight excluding hydrogens is 300 g/mol. The Bertz CT molecular complexity index is 612. The zero-order valence-corrected chi connectivity index (χ0v) is 15.2. The highest BCUT2D eigenvalue weighted by molar-refractivity contribution is 5.80. The molecule has 0 radical (unpaired) electrons. The zero-order valence-electron chi connectivity index (χ0n) is 15.2. The van der Waals surface area contributed by atoms with E-state index in [2.05, 4.69) is 13.8 Å². The Morgan fingerprint density at radius 3 is 2.71 bits per heavy atom.